The van der Waals surface area contributed by atoms with Gasteiger partial charge in [0, 0.05) is 255 Å². The van der Waals surface area contributed by atoms with E-state index in [2.05, 4.69) is 333 Å². The van der Waals surface area contributed by atoms with Gasteiger partial charge < -0.3 is 101 Å². The maximum absolute atomic E-state index is 5.61. The summed E-state index contributed by atoms with van der Waals surface area (Å²) in [5.41, 5.74) is 14.4. The molecule has 810 valence electrons. The Kier molecular flexibility index (Phi) is 44.0. The van der Waals surface area contributed by atoms with Crippen molar-refractivity contribution in [2.45, 2.75) is 169 Å². The molecule has 0 bridgehead atoms. The lowest BCUT2D eigenvalue weighted by Gasteiger charge is -2.33. The summed E-state index contributed by atoms with van der Waals surface area (Å²) in [5.74, 6) is 8.97. The van der Waals surface area contributed by atoms with Crippen molar-refractivity contribution in [1.82, 2.24) is 79.1 Å². The molecule has 17 rings (SSSR count). The number of piperidine rings is 4. The van der Waals surface area contributed by atoms with Crippen LogP contribution in [0.1, 0.15) is 141 Å². The van der Waals surface area contributed by atoms with Crippen molar-refractivity contribution in [3.05, 3.63) is 192 Å². The summed E-state index contributed by atoms with van der Waals surface area (Å²) in [5, 5.41) is 33.0. The number of anilines is 12. The van der Waals surface area contributed by atoms with Crippen LogP contribution in [0.25, 0.3) is 43.6 Å². The molecule has 9 heterocycles. The number of aromatic nitrogens is 8. The van der Waals surface area contributed by atoms with Crippen LogP contribution in [0.15, 0.2) is 170 Å². The van der Waals surface area contributed by atoms with Gasteiger partial charge in [-0.2, -0.15) is 19.9 Å². The topological polar surface area (TPSA) is 275 Å². The first kappa shape index (κ1) is 113. The normalized spacial score (nSPS) is 15.3. The third-order valence-corrected chi connectivity index (χ3v) is 30.0. The van der Waals surface area contributed by atoms with E-state index in [4.69, 9.17) is 58.8 Å². The molecule has 12 aromatic rings. The molecule has 0 amide bonds. The van der Waals surface area contributed by atoms with E-state index in [0.29, 0.717) is 71.0 Å². The zero-order chi connectivity index (χ0) is 106. The predicted octanol–water partition coefficient (Wildman–Crippen LogP) is 18.7. The standard InChI is InChI=1S/C31H45N7O2.C30H45N7O2.C29H43N7.C28H41N7/c1-36(2)27-11-6-5-10-23(27)22-38-18-12-24(13-19-38)33-30-25-20-28(39-3)29(40-4)21-26(25)34-31(35-30)32-14-9-17-37-15-7-8-16-37;1-7-36(8-2)18-15-31-30-33-25-20-28(39-6)27(38-5)19-24(25)29(34-30)32-23-13-16-37(17-14-23)21-22-11-9-10-12-26(22)35(3)4;1-5-35(6-2)19-11-18-30-29-32-26-14-9-8-13-25(26)28(33-29)31-24-16-20-36(21-17-24)22-23-12-7-10-15-27(23)34(3)4;1-5-34(6-2)20-17-29-28-31-25-13-9-8-12-24(25)27(32-28)30-23-15-18-35(19-16-23)21-22-11-7-10-14-26(22)33(3)4/h5-6,10-11,20-21,24H,7-9,12-19,22H2,1-4H3,(H2,32,33,34,35);9-12,19-20,23H,7-8,13-18,21H2,1-6H3,(H2,31,32,33,34);7-10,12-15,24H,5-6,11,16-22H2,1-4H3,(H2,30,31,32,33);7-14,23H,5-6,15-21H2,1-4H3,(H2,29,30,31,32). The van der Waals surface area contributed by atoms with Gasteiger partial charge in [-0.25, -0.2) is 19.9 Å². The van der Waals surface area contributed by atoms with Gasteiger partial charge in [0.15, 0.2) is 23.0 Å². The molecule has 5 aliphatic heterocycles. The number of likely N-dealkylation sites (tertiary alicyclic amines) is 5. The number of rotatable bonds is 48. The number of fused-ring (bicyclic) bond motifs is 4. The van der Waals surface area contributed by atoms with Gasteiger partial charge in [0.05, 0.1) is 50.5 Å². The van der Waals surface area contributed by atoms with E-state index < -0.39 is 0 Å². The minimum Gasteiger partial charge on any atom is -0.493 e. The first-order valence-corrected chi connectivity index (χ1v) is 55.4. The maximum atomic E-state index is 5.61. The number of benzene rings is 8. The molecule has 0 spiro atoms. The second-order valence-electron chi connectivity index (χ2n) is 41.0. The molecule has 32 heteroatoms. The molecule has 32 nitrogen and oxygen atoms in total. The summed E-state index contributed by atoms with van der Waals surface area (Å²) in [4.78, 5) is 67.7. The van der Waals surface area contributed by atoms with Crippen LogP contribution >= 0.6 is 0 Å². The molecule has 8 N–H and O–H groups in total. The first-order chi connectivity index (χ1) is 73.1. The summed E-state index contributed by atoms with van der Waals surface area (Å²) in [6.45, 7) is 41.9. The smallest absolute Gasteiger partial charge is 0.225 e. The summed E-state index contributed by atoms with van der Waals surface area (Å²) < 4.78 is 22.3. The number of methoxy groups -OCH3 is 4. The molecule has 0 atom stereocenters. The lowest BCUT2D eigenvalue weighted by Crippen LogP contribution is -2.39. The van der Waals surface area contributed by atoms with Crippen molar-refractivity contribution in [3.8, 4) is 23.0 Å². The Hall–Kier alpha value is -12.4. The highest BCUT2D eigenvalue weighted by atomic mass is 16.5. The molecule has 150 heavy (non-hydrogen) atoms. The molecule has 5 aliphatic rings. The van der Waals surface area contributed by atoms with Crippen LogP contribution in [0.4, 0.5) is 69.8 Å². The summed E-state index contributed by atoms with van der Waals surface area (Å²) in [6, 6.07) is 60.8. The lowest BCUT2D eigenvalue weighted by atomic mass is 10.0. The third kappa shape index (κ3) is 32.6. The van der Waals surface area contributed by atoms with Crippen molar-refractivity contribution in [2.24, 2.45) is 0 Å². The van der Waals surface area contributed by atoms with Gasteiger partial charge in [0.25, 0.3) is 0 Å². The lowest BCUT2D eigenvalue weighted by molar-refractivity contribution is 0.211. The highest BCUT2D eigenvalue weighted by molar-refractivity contribution is 5.95. The van der Waals surface area contributed by atoms with Crippen LogP contribution in [0.5, 0.6) is 23.0 Å². The Labute approximate surface area is 894 Å². The molecular weight excluding hydrogens is 1870 g/mol. The van der Waals surface area contributed by atoms with Crippen molar-refractivity contribution in [3.63, 3.8) is 0 Å². The van der Waals surface area contributed by atoms with Gasteiger partial charge in [-0.15, -0.1) is 0 Å². The van der Waals surface area contributed by atoms with Crippen LogP contribution in [0, 0.1) is 0 Å². The van der Waals surface area contributed by atoms with Crippen molar-refractivity contribution in [1.29, 1.82) is 0 Å². The average Bonchev–Trinajstić information content (AvgIpc) is 0.827. The van der Waals surface area contributed by atoms with Gasteiger partial charge in [-0.05, 0) is 225 Å². The molecule has 5 fully saturated rings. The molecule has 8 aromatic carbocycles. The summed E-state index contributed by atoms with van der Waals surface area (Å²) in [6.07, 6.45) is 13.4. The Morgan fingerprint density at radius 2 is 0.533 bits per heavy atom. The number of nitrogens with one attached hydrogen (secondary N) is 8. The van der Waals surface area contributed by atoms with E-state index >= 15 is 0 Å². The van der Waals surface area contributed by atoms with E-state index in [1.165, 1.54) is 70.9 Å². The molecular formula is C118H174N28O4. The number of hydrogen-bond acceptors (Lipinski definition) is 32. The maximum Gasteiger partial charge on any atom is 0.225 e. The van der Waals surface area contributed by atoms with Crippen LogP contribution in [-0.4, -0.2) is 345 Å². The van der Waals surface area contributed by atoms with Crippen LogP contribution in [0.3, 0.4) is 0 Å². The van der Waals surface area contributed by atoms with Crippen LogP contribution in [-0.2, 0) is 26.2 Å². The molecule has 0 saturated carbocycles. The van der Waals surface area contributed by atoms with Gasteiger partial charge in [0.2, 0.25) is 23.8 Å². The number of nitrogens with zero attached hydrogens (tertiary/aromatic N) is 20. The van der Waals surface area contributed by atoms with E-state index in [1.807, 2.05) is 36.4 Å². The molecule has 0 unspecified atom stereocenters. The zero-order valence-electron chi connectivity index (χ0n) is 93.3. The fraction of sp³-hybridized carbons (Fsp3) is 0.525. The Morgan fingerprint density at radius 3 is 0.833 bits per heavy atom. The summed E-state index contributed by atoms with van der Waals surface area (Å²) in [7, 11) is 23.6. The van der Waals surface area contributed by atoms with Crippen molar-refractivity contribution in [2.75, 3.05) is 304 Å². The van der Waals surface area contributed by atoms with E-state index in [1.54, 1.807) is 28.4 Å². The van der Waals surface area contributed by atoms with E-state index in [9.17, 15) is 0 Å². The van der Waals surface area contributed by atoms with Gasteiger partial charge in [-0.1, -0.05) is 139 Å². The number of likely N-dealkylation sites (N-methyl/N-ethyl adjacent to an activating group) is 2. The fourth-order valence-electron chi connectivity index (χ4n) is 21.1. The van der Waals surface area contributed by atoms with E-state index in [-0.39, 0.29) is 0 Å². The Bertz CT molecular complexity index is 6090. The largest absolute Gasteiger partial charge is 0.493 e. The first-order valence-electron chi connectivity index (χ1n) is 55.4. The minimum absolute atomic E-state index is 0.333. The zero-order valence-corrected chi connectivity index (χ0v) is 93.3. The van der Waals surface area contributed by atoms with Gasteiger partial charge in [0.1, 0.15) is 23.3 Å². The second-order valence-corrected chi connectivity index (χ2v) is 41.0. The van der Waals surface area contributed by atoms with Crippen molar-refractivity contribution < 1.29 is 18.9 Å². The highest BCUT2D eigenvalue weighted by Gasteiger charge is 2.30. The fourth-order valence-corrected chi connectivity index (χ4v) is 21.1. The van der Waals surface area contributed by atoms with Gasteiger partial charge in [-0.3, -0.25) is 19.6 Å². The third-order valence-electron chi connectivity index (χ3n) is 30.0. The van der Waals surface area contributed by atoms with Crippen LogP contribution < -0.4 is 81.1 Å². The highest BCUT2D eigenvalue weighted by Crippen LogP contribution is 2.40. The van der Waals surface area contributed by atoms with Crippen molar-refractivity contribution >= 4 is 113 Å². The Morgan fingerprint density at radius 1 is 0.273 bits per heavy atom. The Balaban J connectivity index is 0.000000158. The number of hydrogen-bond donors (Lipinski definition) is 8. The van der Waals surface area contributed by atoms with E-state index in [0.717, 1.165) is 301 Å². The molecule has 0 aliphatic carbocycles. The average molecular weight is 2050 g/mol. The second kappa shape index (κ2) is 58.3. The molecule has 5 saturated heterocycles. The monoisotopic (exact) mass is 2050 g/mol. The quantitative estimate of drug-likeness (QED) is 0.0165. The van der Waals surface area contributed by atoms with Crippen LogP contribution in [0.2, 0.25) is 0 Å². The predicted molar refractivity (Wildman–Crippen MR) is 627 cm³/mol. The van der Waals surface area contributed by atoms with Gasteiger partial charge >= 0.3 is 0 Å². The molecule has 4 aromatic heterocycles. The minimum atomic E-state index is 0.333. The molecule has 0 radical (unpaired) electrons. The SMILES string of the molecule is CCN(CC)CCCNc1nc(NC2CCN(Cc3ccccc3N(C)C)CC2)c2ccccc2n1.CCN(CC)CCNc1nc(NC2CCN(Cc3ccccc3N(C)C)CC2)c2cc(OC)c(OC)cc2n1.CCN(CC)CCNc1nc(NC2CCN(Cc3ccccc3N(C)C)CC2)c2ccccc2n1.COc1cc2nc(NCCCN3CCCC3)nc(NC3CCN(Cc4ccccc4N(C)C)CC3)c2cc1OC. The number of ether oxygens (including phenoxy) is 4. The summed E-state index contributed by atoms with van der Waals surface area (Å²) >= 11 is 0. The number of para-hydroxylation sites is 6.